The third-order valence-corrected chi connectivity index (χ3v) is 6.10. The minimum atomic E-state index is -4.76. The van der Waals surface area contributed by atoms with Crippen molar-refractivity contribution in [1.29, 1.82) is 0 Å². The van der Waals surface area contributed by atoms with Crippen LogP contribution in [0.3, 0.4) is 0 Å². The maximum absolute atomic E-state index is 13.9. The standard InChI is InChI=1S/C18H10Cl2F4N2O3S/c19-12-9-15(17(25-10-12)29-16-7-2-1-6-14(16)21)26(20)30(27,28)13-5-3-4-11(8-13)18(22,23)24/h1-10H. The van der Waals surface area contributed by atoms with E-state index in [1.807, 2.05) is 0 Å². The highest BCUT2D eigenvalue weighted by molar-refractivity contribution is 7.94. The molecule has 0 spiro atoms. The van der Waals surface area contributed by atoms with Crippen molar-refractivity contribution in [2.45, 2.75) is 11.1 Å². The molecule has 0 saturated heterocycles. The average molecular weight is 481 g/mol. The normalized spacial score (nSPS) is 11.9. The van der Waals surface area contributed by atoms with Crippen molar-refractivity contribution in [3.05, 3.63) is 77.2 Å². The highest BCUT2D eigenvalue weighted by atomic mass is 35.5. The van der Waals surface area contributed by atoms with E-state index in [1.54, 1.807) is 0 Å². The molecule has 0 fully saturated rings. The molecular formula is C18H10Cl2F4N2O3S. The number of hydrogen-bond donors (Lipinski definition) is 0. The molecule has 0 saturated carbocycles. The van der Waals surface area contributed by atoms with Gasteiger partial charge in [-0.3, -0.25) is 0 Å². The van der Waals surface area contributed by atoms with Crippen LogP contribution in [0.4, 0.5) is 23.2 Å². The number of sulfonamides is 1. The minimum Gasteiger partial charge on any atom is -0.434 e. The number of pyridine rings is 1. The molecule has 0 aliphatic heterocycles. The van der Waals surface area contributed by atoms with Crippen LogP contribution in [0.5, 0.6) is 11.6 Å². The van der Waals surface area contributed by atoms with Gasteiger partial charge in [0, 0.05) is 18.0 Å². The third-order valence-electron chi connectivity index (χ3n) is 3.70. The monoisotopic (exact) mass is 480 g/mol. The summed E-state index contributed by atoms with van der Waals surface area (Å²) in [5, 5.41) is -0.0456. The number of para-hydroxylation sites is 1. The van der Waals surface area contributed by atoms with Gasteiger partial charge in [0.05, 0.1) is 15.5 Å². The highest BCUT2D eigenvalue weighted by Crippen LogP contribution is 2.38. The maximum Gasteiger partial charge on any atom is 0.416 e. The summed E-state index contributed by atoms with van der Waals surface area (Å²) >= 11 is 11.8. The molecule has 0 N–H and O–H groups in total. The Labute approximate surface area is 178 Å². The van der Waals surface area contributed by atoms with Gasteiger partial charge in [0.15, 0.2) is 11.6 Å². The molecule has 3 rings (SSSR count). The number of aromatic nitrogens is 1. The van der Waals surface area contributed by atoms with E-state index < -0.39 is 44.0 Å². The molecule has 0 atom stereocenters. The zero-order valence-electron chi connectivity index (χ0n) is 14.6. The molecular weight excluding hydrogens is 471 g/mol. The van der Waals surface area contributed by atoms with E-state index in [-0.39, 0.29) is 14.6 Å². The van der Waals surface area contributed by atoms with Crippen LogP contribution in [-0.2, 0) is 16.2 Å². The van der Waals surface area contributed by atoms with E-state index in [2.05, 4.69) is 4.98 Å². The number of alkyl halides is 3. The molecule has 12 heteroatoms. The van der Waals surface area contributed by atoms with E-state index in [0.29, 0.717) is 12.1 Å². The van der Waals surface area contributed by atoms with Crippen molar-refractivity contribution in [3.63, 3.8) is 0 Å². The van der Waals surface area contributed by atoms with Gasteiger partial charge in [0.2, 0.25) is 5.88 Å². The SMILES string of the molecule is O=S(=O)(c1cccc(C(F)(F)F)c1)N(Cl)c1cc(Cl)cnc1Oc1ccccc1F. The first-order valence-corrected chi connectivity index (χ1v) is 10.1. The van der Waals surface area contributed by atoms with Crippen molar-refractivity contribution in [2.75, 3.05) is 3.82 Å². The number of nitrogens with zero attached hydrogens (tertiary/aromatic N) is 2. The Morgan fingerprint density at radius 2 is 1.73 bits per heavy atom. The predicted molar refractivity (Wildman–Crippen MR) is 103 cm³/mol. The number of hydrogen-bond acceptors (Lipinski definition) is 4. The second-order valence-electron chi connectivity index (χ2n) is 5.76. The van der Waals surface area contributed by atoms with E-state index >= 15 is 0 Å². The van der Waals surface area contributed by atoms with Crippen molar-refractivity contribution < 1.29 is 30.7 Å². The average Bonchev–Trinajstić information content (AvgIpc) is 2.70. The lowest BCUT2D eigenvalue weighted by Gasteiger charge is -2.19. The summed E-state index contributed by atoms with van der Waals surface area (Å²) in [6, 6.07) is 9.30. The van der Waals surface area contributed by atoms with E-state index in [1.165, 1.54) is 18.2 Å². The Balaban J connectivity index is 2.05. The molecule has 0 amide bonds. The molecule has 158 valence electrons. The zero-order valence-corrected chi connectivity index (χ0v) is 16.9. The first-order chi connectivity index (χ1) is 14.0. The van der Waals surface area contributed by atoms with Crippen LogP contribution in [0.15, 0.2) is 65.7 Å². The quantitative estimate of drug-likeness (QED) is 0.330. The van der Waals surface area contributed by atoms with Crippen LogP contribution in [0.25, 0.3) is 0 Å². The summed E-state index contributed by atoms with van der Waals surface area (Å²) < 4.78 is 83.8. The first-order valence-electron chi connectivity index (χ1n) is 7.96. The van der Waals surface area contributed by atoms with Crippen LogP contribution < -0.4 is 8.56 Å². The fourth-order valence-electron chi connectivity index (χ4n) is 2.31. The number of halogens is 6. The molecule has 0 aliphatic rings. The summed E-state index contributed by atoms with van der Waals surface area (Å²) in [5.41, 5.74) is -1.61. The zero-order chi connectivity index (χ0) is 22.1. The smallest absolute Gasteiger partial charge is 0.416 e. The van der Waals surface area contributed by atoms with Crippen LogP contribution in [0, 0.1) is 5.82 Å². The van der Waals surface area contributed by atoms with Crippen LogP contribution in [0.1, 0.15) is 5.56 Å². The molecule has 1 aromatic heterocycles. The summed E-state index contributed by atoms with van der Waals surface area (Å²) in [6.07, 6.45) is -3.66. The third kappa shape index (κ3) is 4.61. The largest absolute Gasteiger partial charge is 0.434 e. The van der Waals surface area contributed by atoms with Gasteiger partial charge < -0.3 is 4.74 Å². The van der Waals surface area contributed by atoms with Gasteiger partial charge in [-0.15, -0.1) is 0 Å². The van der Waals surface area contributed by atoms with E-state index in [9.17, 15) is 26.0 Å². The number of rotatable bonds is 5. The summed E-state index contributed by atoms with van der Waals surface area (Å²) in [4.78, 5) is 3.08. The summed E-state index contributed by atoms with van der Waals surface area (Å²) in [6.45, 7) is 0. The Morgan fingerprint density at radius 1 is 1.03 bits per heavy atom. The van der Waals surface area contributed by atoms with Crippen LogP contribution >= 0.6 is 23.4 Å². The van der Waals surface area contributed by atoms with Crippen molar-refractivity contribution >= 4 is 39.1 Å². The van der Waals surface area contributed by atoms with E-state index in [0.717, 1.165) is 30.5 Å². The molecule has 0 bridgehead atoms. The Morgan fingerprint density at radius 3 is 2.40 bits per heavy atom. The topological polar surface area (TPSA) is 59.5 Å². The lowest BCUT2D eigenvalue weighted by molar-refractivity contribution is -0.137. The highest BCUT2D eigenvalue weighted by Gasteiger charge is 2.34. The van der Waals surface area contributed by atoms with Gasteiger partial charge in [-0.05, 0) is 36.4 Å². The lowest BCUT2D eigenvalue weighted by Crippen LogP contribution is -2.22. The van der Waals surface area contributed by atoms with Crippen molar-refractivity contribution in [2.24, 2.45) is 0 Å². The van der Waals surface area contributed by atoms with Gasteiger partial charge in [-0.2, -0.15) is 25.4 Å². The lowest BCUT2D eigenvalue weighted by atomic mass is 10.2. The fraction of sp³-hybridized carbons (Fsp3) is 0.0556. The maximum atomic E-state index is 13.9. The first kappa shape index (κ1) is 22.1. The number of anilines is 1. The van der Waals surface area contributed by atoms with Gasteiger partial charge in [0.25, 0.3) is 10.0 Å². The summed E-state index contributed by atoms with van der Waals surface area (Å²) in [5.74, 6) is -1.48. The van der Waals surface area contributed by atoms with Crippen molar-refractivity contribution in [1.82, 2.24) is 4.98 Å². The predicted octanol–water partition coefficient (Wildman–Crippen LogP) is 6.03. The summed E-state index contributed by atoms with van der Waals surface area (Å²) in [7, 11) is -4.69. The Kier molecular flexibility index (Phi) is 6.11. The second-order valence-corrected chi connectivity index (χ2v) is 8.52. The molecule has 0 unspecified atom stereocenters. The van der Waals surface area contributed by atoms with Gasteiger partial charge in [-0.25, -0.2) is 9.37 Å². The van der Waals surface area contributed by atoms with Gasteiger partial charge in [0.1, 0.15) is 5.69 Å². The van der Waals surface area contributed by atoms with Crippen molar-refractivity contribution in [3.8, 4) is 11.6 Å². The molecule has 0 aliphatic carbocycles. The number of ether oxygens (including phenoxy) is 1. The molecule has 30 heavy (non-hydrogen) atoms. The van der Waals surface area contributed by atoms with Crippen LogP contribution in [0.2, 0.25) is 5.02 Å². The second kappa shape index (κ2) is 8.29. The Hall–Kier alpha value is -2.56. The molecule has 2 aromatic carbocycles. The van der Waals surface area contributed by atoms with Crippen LogP contribution in [-0.4, -0.2) is 13.4 Å². The van der Waals surface area contributed by atoms with E-state index in [4.69, 9.17) is 28.1 Å². The van der Waals surface area contributed by atoms with Gasteiger partial charge in [-0.1, -0.05) is 29.8 Å². The molecule has 3 aromatic rings. The molecule has 0 radical (unpaired) electrons. The van der Waals surface area contributed by atoms with Gasteiger partial charge >= 0.3 is 6.18 Å². The fourth-order valence-corrected chi connectivity index (χ4v) is 3.92. The molecule has 1 heterocycles. The Bertz CT molecular complexity index is 1190. The minimum absolute atomic E-state index is 0.0456. The number of benzene rings is 2. The molecule has 5 nitrogen and oxygen atoms in total.